The average molecular weight is 493 g/mol. The van der Waals surface area contributed by atoms with Crippen LogP contribution in [0.1, 0.15) is 31.2 Å². The predicted molar refractivity (Wildman–Crippen MR) is 138 cm³/mol. The summed E-state index contributed by atoms with van der Waals surface area (Å²) in [6.07, 6.45) is 3.64. The number of benzene rings is 2. The summed E-state index contributed by atoms with van der Waals surface area (Å²) in [6, 6.07) is 19.1. The summed E-state index contributed by atoms with van der Waals surface area (Å²) >= 11 is 0. The minimum atomic E-state index is -3.46. The van der Waals surface area contributed by atoms with Crippen molar-refractivity contribution in [1.82, 2.24) is 14.2 Å². The van der Waals surface area contributed by atoms with E-state index in [2.05, 4.69) is 4.90 Å². The number of carbonyl (C=O) groups excluding carboxylic acids is 1. The molecule has 1 aromatic heterocycles. The van der Waals surface area contributed by atoms with E-state index in [1.54, 1.807) is 22.5 Å². The van der Waals surface area contributed by atoms with E-state index in [-0.39, 0.29) is 11.8 Å². The molecule has 0 saturated carbocycles. The van der Waals surface area contributed by atoms with Gasteiger partial charge in [0.1, 0.15) is 5.82 Å². The summed E-state index contributed by atoms with van der Waals surface area (Å²) < 4.78 is 27.4. The van der Waals surface area contributed by atoms with Gasteiger partial charge in [-0.15, -0.1) is 0 Å². The number of pyridine rings is 1. The number of hydrogen-bond acceptors (Lipinski definition) is 5. The third kappa shape index (κ3) is 5.04. The zero-order valence-corrected chi connectivity index (χ0v) is 21.0. The lowest BCUT2D eigenvalue weighted by molar-refractivity contribution is -0.135. The average Bonchev–Trinajstić information content (AvgIpc) is 3.44. The maximum atomic E-state index is 13.2. The zero-order chi connectivity index (χ0) is 24.4. The molecule has 0 N–H and O–H groups in total. The number of fused-ring (bicyclic) bond motifs is 1. The Hall–Kier alpha value is -2.97. The molecule has 3 aromatic rings. The van der Waals surface area contributed by atoms with Gasteiger partial charge >= 0.3 is 0 Å². The van der Waals surface area contributed by atoms with Crippen LogP contribution in [0.3, 0.4) is 0 Å². The fourth-order valence-electron chi connectivity index (χ4n) is 5.14. The highest BCUT2D eigenvalue weighted by Gasteiger charge is 2.29. The molecule has 8 heteroatoms. The minimum absolute atomic E-state index is 0.0667. The standard InChI is InChI=1S/C27H32N4O3S/c1-29(19-21-8-3-2-4-9-21)27(32)23-10-7-15-30(20-23)26-14-11-22-18-24(12-13-25(22)28-26)35(33,34)31-16-5-6-17-31/h2-4,8-9,11-14,18,23H,5-7,10,15-17,19-20H2,1H3/t23-/m0/s1. The molecule has 2 aliphatic rings. The second kappa shape index (κ2) is 9.95. The van der Waals surface area contributed by atoms with Crippen LogP contribution in [0.5, 0.6) is 0 Å². The van der Waals surface area contributed by atoms with Crippen LogP contribution in [0.4, 0.5) is 5.82 Å². The second-order valence-corrected chi connectivity index (χ2v) is 11.5. The molecule has 2 aliphatic heterocycles. The van der Waals surface area contributed by atoms with Gasteiger partial charge in [0.05, 0.1) is 16.3 Å². The summed E-state index contributed by atoms with van der Waals surface area (Å²) in [5.74, 6) is 0.926. The number of sulfonamides is 1. The molecule has 1 amide bonds. The van der Waals surface area contributed by atoms with E-state index in [0.717, 1.165) is 54.5 Å². The molecule has 1 atom stereocenters. The van der Waals surface area contributed by atoms with Crippen molar-refractivity contribution in [3.05, 3.63) is 66.2 Å². The van der Waals surface area contributed by atoms with Crippen molar-refractivity contribution in [1.29, 1.82) is 0 Å². The lowest BCUT2D eigenvalue weighted by Gasteiger charge is -2.34. The van der Waals surface area contributed by atoms with Gasteiger partial charge in [-0.2, -0.15) is 4.31 Å². The van der Waals surface area contributed by atoms with Crippen molar-refractivity contribution in [3.63, 3.8) is 0 Å². The molecule has 3 heterocycles. The van der Waals surface area contributed by atoms with E-state index < -0.39 is 10.0 Å². The van der Waals surface area contributed by atoms with Crippen molar-refractivity contribution in [3.8, 4) is 0 Å². The third-order valence-corrected chi connectivity index (χ3v) is 8.98. The Bertz CT molecular complexity index is 1310. The van der Waals surface area contributed by atoms with Gasteiger partial charge in [0, 0.05) is 45.2 Å². The zero-order valence-electron chi connectivity index (χ0n) is 20.1. The van der Waals surface area contributed by atoms with Gasteiger partial charge < -0.3 is 9.80 Å². The maximum Gasteiger partial charge on any atom is 0.243 e. The molecule has 2 fully saturated rings. The number of piperidine rings is 1. The fraction of sp³-hybridized carbons (Fsp3) is 0.407. The first-order valence-electron chi connectivity index (χ1n) is 12.4. The highest BCUT2D eigenvalue weighted by atomic mass is 32.2. The van der Waals surface area contributed by atoms with Gasteiger partial charge in [0.25, 0.3) is 0 Å². The normalized spacial score (nSPS) is 19.2. The molecule has 0 radical (unpaired) electrons. The maximum absolute atomic E-state index is 13.2. The Kier molecular flexibility index (Phi) is 6.75. The molecule has 7 nitrogen and oxygen atoms in total. The van der Waals surface area contributed by atoms with Crippen LogP contribution in [0.2, 0.25) is 0 Å². The Balaban J connectivity index is 1.30. The van der Waals surface area contributed by atoms with Crippen molar-refractivity contribution in [2.45, 2.75) is 37.1 Å². The molecule has 35 heavy (non-hydrogen) atoms. The summed E-state index contributed by atoms with van der Waals surface area (Å²) in [6.45, 7) is 3.27. The minimum Gasteiger partial charge on any atom is -0.356 e. The quantitative estimate of drug-likeness (QED) is 0.522. The van der Waals surface area contributed by atoms with Gasteiger partial charge in [-0.25, -0.2) is 13.4 Å². The van der Waals surface area contributed by atoms with Crippen LogP contribution in [0.25, 0.3) is 10.9 Å². The number of amides is 1. The smallest absolute Gasteiger partial charge is 0.243 e. The first-order valence-corrected chi connectivity index (χ1v) is 13.8. The SMILES string of the molecule is CN(Cc1ccccc1)C(=O)[C@H]1CCCN(c2ccc3cc(S(=O)(=O)N4CCCC4)ccc3n2)C1. The number of anilines is 1. The van der Waals surface area contributed by atoms with Crippen LogP contribution in [0, 0.1) is 5.92 Å². The van der Waals surface area contributed by atoms with Gasteiger partial charge in [0.2, 0.25) is 15.9 Å². The third-order valence-electron chi connectivity index (χ3n) is 7.08. The molecular formula is C27H32N4O3S. The van der Waals surface area contributed by atoms with Gasteiger partial charge in [-0.3, -0.25) is 4.79 Å². The summed E-state index contributed by atoms with van der Waals surface area (Å²) in [5.41, 5.74) is 1.89. The topological polar surface area (TPSA) is 73.8 Å². The van der Waals surface area contributed by atoms with E-state index in [4.69, 9.17) is 4.98 Å². The molecule has 0 unspecified atom stereocenters. The number of rotatable bonds is 6. The highest BCUT2D eigenvalue weighted by molar-refractivity contribution is 7.89. The first-order chi connectivity index (χ1) is 16.9. The molecule has 0 aliphatic carbocycles. The van der Waals surface area contributed by atoms with Crippen molar-refractivity contribution in [2.24, 2.45) is 5.92 Å². The Morgan fingerprint density at radius 3 is 2.54 bits per heavy atom. The van der Waals surface area contributed by atoms with E-state index in [1.165, 1.54) is 0 Å². The lowest BCUT2D eigenvalue weighted by Crippen LogP contribution is -2.43. The lowest BCUT2D eigenvalue weighted by atomic mass is 9.96. The molecular weight excluding hydrogens is 460 g/mol. The number of hydrogen-bond donors (Lipinski definition) is 0. The Morgan fingerprint density at radius 1 is 1.00 bits per heavy atom. The number of carbonyl (C=O) groups is 1. The van der Waals surface area contributed by atoms with Gasteiger partial charge in [-0.1, -0.05) is 30.3 Å². The molecule has 5 rings (SSSR count). The monoisotopic (exact) mass is 492 g/mol. The van der Waals surface area contributed by atoms with Crippen LogP contribution >= 0.6 is 0 Å². The predicted octanol–water partition coefficient (Wildman–Crippen LogP) is 3.89. The van der Waals surface area contributed by atoms with Gasteiger partial charge in [-0.05, 0) is 61.6 Å². The molecule has 2 saturated heterocycles. The van der Waals surface area contributed by atoms with Crippen LogP contribution in [-0.4, -0.2) is 61.7 Å². The summed E-state index contributed by atoms with van der Waals surface area (Å²) in [7, 11) is -1.58. The van der Waals surface area contributed by atoms with Gasteiger partial charge in [0.15, 0.2) is 0 Å². The Morgan fingerprint density at radius 2 is 1.77 bits per heavy atom. The van der Waals surface area contributed by atoms with Crippen LogP contribution in [-0.2, 0) is 21.4 Å². The molecule has 184 valence electrons. The van der Waals surface area contributed by atoms with E-state index in [0.29, 0.717) is 31.1 Å². The molecule has 0 bridgehead atoms. The van der Waals surface area contributed by atoms with E-state index in [9.17, 15) is 13.2 Å². The number of nitrogens with zero attached hydrogens (tertiary/aromatic N) is 4. The second-order valence-electron chi connectivity index (χ2n) is 9.60. The largest absolute Gasteiger partial charge is 0.356 e. The first kappa shape index (κ1) is 23.8. The van der Waals surface area contributed by atoms with E-state index >= 15 is 0 Å². The number of aromatic nitrogens is 1. The van der Waals surface area contributed by atoms with Crippen molar-refractivity contribution in [2.75, 3.05) is 38.1 Å². The highest BCUT2D eigenvalue weighted by Crippen LogP contribution is 2.28. The van der Waals surface area contributed by atoms with Crippen molar-refractivity contribution < 1.29 is 13.2 Å². The van der Waals surface area contributed by atoms with Crippen molar-refractivity contribution >= 4 is 32.7 Å². The Labute approximate surface area is 207 Å². The van der Waals surface area contributed by atoms with Crippen LogP contribution < -0.4 is 4.90 Å². The fourth-order valence-corrected chi connectivity index (χ4v) is 6.69. The van der Waals surface area contributed by atoms with E-state index in [1.807, 2.05) is 54.4 Å². The van der Waals surface area contributed by atoms with Crippen LogP contribution in [0.15, 0.2) is 65.6 Å². The summed E-state index contributed by atoms with van der Waals surface area (Å²) in [4.78, 5) is 22.3. The summed E-state index contributed by atoms with van der Waals surface area (Å²) in [5, 5.41) is 0.807. The molecule has 0 spiro atoms. The molecule has 2 aromatic carbocycles.